The summed E-state index contributed by atoms with van der Waals surface area (Å²) in [5.41, 5.74) is 0. The summed E-state index contributed by atoms with van der Waals surface area (Å²) in [6.07, 6.45) is 1.25. The standard InChI is InChI=1S/C12H22N2O5/c1-9(18-2)7-13-12(17)14-5-3-10(4-6-14)19-8-11(15)16/h9-10H,3-8H2,1-2H3,(H,13,17)(H,15,16). The highest BCUT2D eigenvalue weighted by atomic mass is 16.5. The number of carboxylic acid groups (broad SMARTS) is 1. The minimum absolute atomic E-state index is 0.0135. The van der Waals surface area contributed by atoms with E-state index in [-0.39, 0.29) is 24.8 Å². The molecule has 1 aliphatic heterocycles. The normalized spacial score (nSPS) is 18.1. The summed E-state index contributed by atoms with van der Waals surface area (Å²) in [5.74, 6) is -0.964. The molecular weight excluding hydrogens is 252 g/mol. The van der Waals surface area contributed by atoms with Gasteiger partial charge in [0.15, 0.2) is 0 Å². The third-order valence-electron chi connectivity index (χ3n) is 3.11. The lowest BCUT2D eigenvalue weighted by Gasteiger charge is -2.31. The molecule has 19 heavy (non-hydrogen) atoms. The second-order valence-electron chi connectivity index (χ2n) is 4.62. The van der Waals surface area contributed by atoms with Gasteiger partial charge in [-0.25, -0.2) is 9.59 Å². The van der Waals surface area contributed by atoms with Gasteiger partial charge in [0.2, 0.25) is 0 Å². The van der Waals surface area contributed by atoms with Crippen molar-refractivity contribution < 1.29 is 24.2 Å². The van der Waals surface area contributed by atoms with Crippen molar-refractivity contribution >= 4 is 12.0 Å². The minimum atomic E-state index is -0.964. The zero-order valence-corrected chi connectivity index (χ0v) is 11.4. The predicted molar refractivity (Wildman–Crippen MR) is 68.1 cm³/mol. The molecule has 0 radical (unpaired) electrons. The quantitative estimate of drug-likeness (QED) is 0.727. The van der Waals surface area contributed by atoms with E-state index in [0.717, 1.165) is 0 Å². The lowest BCUT2D eigenvalue weighted by molar-refractivity contribution is -0.145. The summed E-state index contributed by atoms with van der Waals surface area (Å²) < 4.78 is 10.3. The van der Waals surface area contributed by atoms with Crippen LogP contribution in [0.25, 0.3) is 0 Å². The molecule has 0 spiro atoms. The van der Waals surface area contributed by atoms with Gasteiger partial charge < -0.3 is 24.8 Å². The Bertz CT molecular complexity index is 302. The van der Waals surface area contributed by atoms with E-state index < -0.39 is 5.97 Å². The van der Waals surface area contributed by atoms with Crippen molar-refractivity contribution in [1.29, 1.82) is 0 Å². The average molecular weight is 274 g/mol. The number of hydrogen-bond donors (Lipinski definition) is 2. The first-order valence-electron chi connectivity index (χ1n) is 6.42. The van der Waals surface area contributed by atoms with Crippen molar-refractivity contribution in [2.75, 3.05) is 33.4 Å². The van der Waals surface area contributed by atoms with E-state index in [1.54, 1.807) is 12.0 Å². The molecule has 7 heteroatoms. The van der Waals surface area contributed by atoms with Crippen LogP contribution in [0.2, 0.25) is 0 Å². The Balaban J connectivity index is 2.21. The number of piperidine rings is 1. The van der Waals surface area contributed by atoms with E-state index in [1.165, 1.54) is 0 Å². The van der Waals surface area contributed by atoms with Crippen LogP contribution in [-0.2, 0) is 14.3 Å². The highest BCUT2D eigenvalue weighted by Crippen LogP contribution is 2.13. The average Bonchev–Trinajstić information content (AvgIpc) is 2.42. The molecule has 0 saturated carbocycles. The molecule has 1 aliphatic rings. The first-order valence-corrected chi connectivity index (χ1v) is 6.42. The van der Waals surface area contributed by atoms with Crippen LogP contribution < -0.4 is 5.32 Å². The fourth-order valence-electron chi connectivity index (χ4n) is 1.84. The third kappa shape index (κ3) is 5.89. The molecule has 1 fully saturated rings. The lowest BCUT2D eigenvalue weighted by Crippen LogP contribution is -2.47. The van der Waals surface area contributed by atoms with E-state index in [1.807, 2.05) is 6.92 Å². The molecule has 110 valence electrons. The number of ether oxygens (including phenoxy) is 2. The highest BCUT2D eigenvalue weighted by molar-refractivity contribution is 5.74. The number of carbonyl (C=O) groups excluding carboxylic acids is 1. The molecule has 2 amide bonds. The Morgan fingerprint density at radius 2 is 2.05 bits per heavy atom. The first kappa shape index (κ1) is 15.7. The van der Waals surface area contributed by atoms with Crippen LogP contribution >= 0.6 is 0 Å². The Morgan fingerprint density at radius 1 is 1.42 bits per heavy atom. The number of hydrogen-bond acceptors (Lipinski definition) is 4. The zero-order chi connectivity index (χ0) is 14.3. The third-order valence-corrected chi connectivity index (χ3v) is 3.11. The van der Waals surface area contributed by atoms with E-state index >= 15 is 0 Å². The van der Waals surface area contributed by atoms with Crippen LogP contribution in [0.3, 0.4) is 0 Å². The lowest BCUT2D eigenvalue weighted by atomic mass is 10.1. The summed E-state index contributed by atoms with van der Waals surface area (Å²) in [7, 11) is 1.60. The molecule has 1 rings (SSSR count). The summed E-state index contributed by atoms with van der Waals surface area (Å²) in [6.45, 7) is 3.24. The zero-order valence-electron chi connectivity index (χ0n) is 11.4. The van der Waals surface area contributed by atoms with Gasteiger partial charge in [0, 0.05) is 26.7 Å². The summed E-state index contributed by atoms with van der Waals surface area (Å²) in [5, 5.41) is 11.3. The van der Waals surface area contributed by atoms with Crippen molar-refractivity contribution in [3.63, 3.8) is 0 Å². The molecule has 1 saturated heterocycles. The van der Waals surface area contributed by atoms with Crippen LogP contribution in [-0.4, -0.2) is 67.6 Å². The maximum absolute atomic E-state index is 11.8. The molecule has 2 N–H and O–H groups in total. The van der Waals surface area contributed by atoms with Crippen molar-refractivity contribution in [3.05, 3.63) is 0 Å². The molecule has 0 bridgehead atoms. The van der Waals surface area contributed by atoms with E-state index in [0.29, 0.717) is 32.5 Å². The van der Waals surface area contributed by atoms with Gasteiger partial charge >= 0.3 is 12.0 Å². The van der Waals surface area contributed by atoms with Crippen molar-refractivity contribution in [2.45, 2.75) is 32.0 Å². The number of methoxy groups -OCH3 is 1. The summed E-state index contributed by atoms with van der Waals surface area (Å²) in [4.78, 5) is 23.9. The molecule has 1 unspecified atom stereocenters. The van der Waals surface area contributed by atoms with E-state index in [2.05, 4.69) is 5.32 Å². The van der Waals surface area contributed by atoms with Gasteiger partial charge in [-0.3, -0.25) is 0 Å². The molecule has 7 nitrogen and oxygen atoms in total. The molecule has 1 atom stereocenters. The number of aliphatic carboxylic acids is 1. The van der Waals surface area contributed by atoms with Crippen LogP contribution in [0, 0.1) is 0 Å². The van der Waals surface area contributed by atoms with E-state index in [4.69, 9.17) is 14.6 Å². The number of urea groups is 1. The topological polar surface area (TPSA) is 88.1 Å². The Hall–Kier alpha value is -1.34. The van der Waals surface area contributed by atoms with Gasteiger partial charge in [0.1, 0.15) is 6.61 Å². The fraction of sp³-hybridized carbons (Fsp3) is 0.833. The largest absolute Gasteiger partial charge is 0.480 e. The molecule has 0 aromatic rings. The maximum atomic E-state index is 11.8. The van der Waals surface area contributed by atoms with Crippen molar-refractivity contribution in [3.8, 4) is 0 Å². The minimum Gasteiger partial charge on any atom is -0.480 e. The number of carboxylic acids is 1. The van der Waals surface area contributed by atoms with Gasteiger partial charge in [-0.1, -0.05) is 0 Å². The Morgan fingerprint density at radius 3 is 2.58 bits per heavy atom. The molecular formula is C12H22N2O5. The smallest absolute Gasteiger partial charge is 0.329 e. The number of carbonyl (C=O) groups is 2. The van der Waals surface area contributed by atoms with Gasteiger partial charge in [-0.15, -0.1) is 0 Å². The Labute approximate surface area is 112 Å². The second-order valence-corrected chi connectivity index (χ2v) is 4.62. The fourth-order valence-corrected chi connectivity index (χ4v) is 1.84. The van der Waals surface area contributed by atoms with Crippen LogP contribution in [0.4, 0.5) is 4.79 Å². The van der Waals surface area contributed by atoms with E-state index in [9.17, 15) is 9.59 Å². The molecule has 0 aromatic heterocycles. The first-order chi connectivity index (χ1) is 9.02. The monoisotopic (exact) mass is 274 g/mol. The Kier molecular flexibility index (Phi) is 6.58. The van der Waals surface area contributed by atoms with Crippen LogP contribution in [0.1, 0.15) is 19.8 Å². The maximum Gasteiger partial charge on any atom is 0.329 e. The van der Waals surface area contributed by atoms with Gasteiger partial charge in [-0.05, 0) is 19.8 Å². The number of nitrogens with zero attached hydrogens (tertiary/aromatic N) is 1. The van der Waals surface area contributed by atoms with Crippen LogP contribution in [0.15, 0.2) is 0 Å². The summed E-state index contributed by atoms with van der Waals surface area (Å²) >= 11 is 0. The second kappa shape index (κ2) is 7.96. The SMILES string of the molecule is COC(C)CNC(=O)N1CCC(OCC(=O)O)CC1. The van der Waals surface area contributed by atoms with Gasteiger partial charge in [0.25, 0.3) is 0 Å². The van der Waals surface area contributed by atoms with Gasteiger partial charge in [0.05, 0.1) is 12.2 Å². The van der Waals surface area contributed by atoms with Crippen LogP contribution in [0.5, 0.6) is 0 Å². The molecule has 0 aromatic carbocycles. The van der Waals surface area contributed by atoms with Crippen molar-refractivity contribution in [1.82, 2.24) is 10.2 Å². The number of amides is 2. The molecule has 1 heterocycles. The summed E-state index contributed by atoms with van der Waals surface area (Å²) in [6, 6.07) is -0.111. The number of nitrogens with one attached hydrogen (secondary N) is 1. The predicted octanol–water partition coefficient (Wildman–Crippen LogP) is 0.297. The van der Waals surface area contributed by atoms with Crippen molar-refractivity contribution in [2.24, 2.45) is 0 Å². The van der Waals surface area contributed by atoms with Gasteiger partial charge in [-0.2, -0.15) is 0 Å². The molecule has 0 aliphatic carbocycles. The highest BCUT2D eigenvalue weighted by Gasteiger charge is 2.23. The number of likely N-dealkylation sites (tertiary alicyclic amines) is 1. The number of rotatable bonds is 6.